The number of aliphatic hydroxyl groups excluding tert-OH is 3. The van der Waals surface area contributed by atoms with Crippen molar-refractivity contribution < 1.29 is 15.3 Å². The molecule has 0 aliphatic rings. The Labute approximate surface area is 94.9 Å². The molecular formula is C12H17NO3. The normalized spacial score (nSPS) is 12.2. The van der Waals surface area contributed by atoms with E-state index in [1.165, 1.54) is 0 Å². The van der Waals surface area contributed by atoms with Gasteiger partial charge in [0.25, 0.3) is 0 Å². The first-order valence-corrected chi connectivity index (χ1v) is 5.16. The Morgan fingerprint density at radius 2 is 1.56 bits per heavy atom. The Morgan fingerprint density at radius 1 is 1.00 bits per heavy atom. The minimum atomic E-state index is -1.16. The highest BCUT2D eigenvalue weighted by Crippen LogP contribution is 2.08. The fourth-order valence-corrected chi connectivity index (χ4v) is 1.23. The van der Waals surface area contributed by atoms with E-state index in [0.717, 1.165) is 5.56 Å². The summed E-state index contributed by atoms with van der Waals surface area (Å²) in [5, 5.41) is 27.1. The Kier molecular flexibility index (Phi) is 5.11. The fraction of sp³-hybridized carbons (Fsp3) is 0.417. The van der Waals surface area contributed by atoms with Crippen LogP contribution in [0.5, 0.6) is 0 Å². The van der Waals surface area contributed by atoms with Crippen LogP contribution in [0.2, 0.25) is 0 Å². The van der Waals surface area contributed by atoms with Crippen LogP contribution in [0, 0.1) is 0 Å². The zero-order valence-electron chi connectivity index (χ0n) is 9.08. The fourth-order valence-electron chi connectivity index (χ4n) is 1.23. The molecule has 0 unspecified atom stereocenters. The van der Waals surface area contributed by atoms with E-state index in [4.69, 9.17) is 15.3 Å². The minimum Gasteiger partial charge on any atom is -0.394 e. The maximum atomic E-state index is 9.04. The average molecular weight is 223 g/mol. The predicted octanol–water partition coefficient (Wildman–Crippen LogP) is 0.0156. The third kappa shape index (κ3) is 3.41. The topological polar surface area (TPSA) is 73.0 Å². The summed E-state index contributed by atoms with van der Waals surface area (Å²) in [6.07, 6.45) is 2.22. The van der Waals surface area contributed by atoms with Gasteiger partial charge in [-0.3, -0.25) is 4.99 Å². The van der Waals surface area contributed by atoms with Crippen LogP contribution >= 0.6 is 0 Å². The number of aliphatic hydroxyl groups is 3. The van der Waals surface area contributed by atoms with Crippen molar-refractivity contribution in [3.63, 3.8) is 0 Å². The molecule has 88 valence electrons. The van der Waals surface area contributed by atoms with Crippen LogP contribution in [0.3, 0.4) is 0 Å². The molecule has 0 heterocycles. The Balaban J connectivity index is 2.59. The van der Waals surface area contributed by atoms with Crippen molar-refractivity contribution >= 4 is 6.21 Å². The first-order valence-electron chi connectivity index (χ1n) is 5.16. The van der Waals surface area contributed by atoms with E-state index < -0.39 is 5.54 Å². The third-order valence-electron chi connectivity index (χ3n) is 2.42. The van der Waals surface area contributed by atoms with E-state index in [2.05, 4.69) is 4.99 Å². The molecule has 0 bridgehead atoms. The van der Waals surface area contributed by atoms with E-state index in [1.54, 1.807) is 6.21 Å². The summed E-state index contributed by atoms with van der Waals surface area (Å²) in [6, 6.07) is 9.72. The first-order chi connectivity index (χ1) is 7.76. The Bertz CT molecular complexity index is 312. The summed E-state index contributed by atoms with van der Waals surface area (Å²) in [5.74, 6) is 0. The van der Waals surface area contributed by atoms with E-state index in [9.17, 15) is 0 Å². The van der Waals surface area contributed by atoms with Crippen LogP contribution in [0.15, 0.2) is 35.3 Å². The van der Waals surface area contributed by atoms with Crippen molar-refractivity contribution in [2.24, 2.45) is 4.99 Å². The smallest absolute Gasteiger partial charge is 0.129 e. The molecule has 1 aromatic rings. The van der Waals surface area contributed by atoms with Gasteiger partial charge in [0, 0.05) is 12.6 Å². The van der Waals surface area contributed by atoms with E-state index >= 15 is 0 Å². The number of benzene rings is 1. The lowest BCUT2D eigenvalue weighted by atomic mass is 10.0. The van der Waals surface area contributed by atoms with Crippen LogP contribution in [-0.2, 0) is 6.42 Å². The SMILES string of the molecule is OCC(CO)(CO)/N=C/Cc1ccccc1. The molecule has 0 saturated carbocycles. The Morgan fingerprint density at radius 3 is 2.06 bits per heavy atom. The lowest BCUT2D eigenvalue weighted by Gasteiger charge is -2.21. The lowest BCUT2D eigenvalue weighted by Crippen LogP contribution is -2.39. The number of hydrogen-bond acceptors (Lipinski definition) is 4. The quantitative estimate of drug-likeness (QED) is 0.595. The predicted molar refractivity (Wildman–Crippen MR) is 62.6 cm³/mol. The van der Waals surface area contributed by atoms with Gasteiger partial charge >= 0.3 is 0 Å². The van der Waals surface area contributed by atoms with Gasteiger partial charge in [0.1, 0.15) is 5.54 Å². The molecule has 0 aliphatic carbocycles. The zero-order chi connectivity index (χ0) is 11.9. The summed E-state index contributed by atoms with van der Waals surface area (Å²) in [5.41, 5.74) is -0.0663. The van der Waals surface area contributed by atoms with Gasteiger partial charge in [0.15, 0.2) is 0 Å². The van der Waals surface area contributed by atoms with Crippen molar-refractivity contribution in [2.75, 3.05) is 19.8 Å². The van der Waals surface area contributed by atoms with Crippen LogP contribution in [-0.4, -0.2) is 46.9 Å². The van der Waals surface area contributed by atoms with Gasteiger partial charge in [0.2, 0.25) is 0 Å². The van der Waals surface area contributed by atoms with Crippen molar-refractivity contribution in [1.29, 1.82) is 0 Å². The van der Waals surface area contributed by atoms with E-state index in [-0.39, 0.29) is 19.8 Å². The second-order valence-electron chi connectivity index (χ2n) is 3.70. The van der Waals surface area contributed by atoms with Crippen LogP contribution < -0.4 is 0 Å². The molecule has 0 amide bonds. The second-order valence-corrected chi connectivity index (χ2v) is 3.70. The number of rotatable bonds is 6. The van der Waals surface area contributed by atoms with Crippen LogP contribution in [0.25, 0.3) is 0 Å². The second kappa shape index (κ2) is 6.37. The van der Waals surface area contributed by atoms with Gasteiger partial charge in [-0.1, -0.05) is 30.3 Å². The molecular weight excluding hydrogens is 206 g/mol. The molecule has 4 nitrogen and oxygen atoms in total. The van der Waals surface area contributed by atoms with Crippen molar-refractivity contribution in [1.82, 2.24) is 0 Å². The maximum Gasteiger partial charge on any atom is 0.129 e. The van der Waals surface area contributed by atoms with E-state index in [0.29, 0.717) is 6.42 Å². The Hall–Kier alpha value is -1.23. The van der Waals surface area contributed by atoms with Crippen molar-refractivity contribution in [2.45, 2.75) is 12.0 Å². The highest BCUT2D eigenvalue weighted by Gasteiger charge is 2.25. The molecule has 16 heavy (non-hydrogen) atoms. The highest BCUT2D eigenvalue weighted by atomic mass is 16.3. The van der Waals surface area contributed by atoms with Gasteiger partial charge in [0.05, 0.1) is 19.8 Å². The van der Waals surface area contributed by atoms with Crippen molar-refractivity contribution in [3.8, 4) is 0 Å². The summed E-state index contributed by atoms with van der Waals surface area (Å²) in [7, 11) is 0. The first kappa shape index (κ1) is 12.8. The summed E-state index contributed by atoms with van der Waals surface area (Å²) in [6.45, 7) is -1.11. The lowest BCUT2D eigenvalue weighted by molar-refractivity contribution is 0.0717. The van der Waals surface area contributed by atoms with Crippen LogP contribution in [0.1, 0.15) is 5.56 Å². The summed E-state index contributed by atoms with van der Waals surface area (Å²) in [4.78, 5) is 4.03. The largest absolute Gasteiger partial charge is 0.394 e. The van der Waals surface area contributed by atoms with Gasteiger partial charge in [-0.05, 0) is 5.56 Å². The van der Waals surface area contributed by atoms with Gasteiger partial charge in [-0.25, -0.2) is 0 Å². The van der Waals surface area contributed by atoms with Gasteiger partial charge < -0.3 is 15.3 Å². The van der Waals surface area contributed by atoms with Crippen molar-refractivity contribution in [3.05, 3.63) is 35.9 Å². The molecule has 0 aliphatic heterocycles. The summed E-state index contributed by atoms with van der Waals surface area (Å²) >= 11 is 0. The maximum absolute atomic E-state index is 9.04. The molecule has 3 N–H and O–H groups in total. The molecule has 4 heteroatoms. The third-order valence-corrected chi connectivity index (χ3v) is 2.42. The average Bonchev–Trinajstić information content (AvgIpc) is 2.37. The molecule has 1 aromatic carbocycles. The molecule has 0 spiro atoms. The highest BCUT2D eigenvalue weighted by molar-refractivity contribution is 5.62. The molecule has 1 rings (SSSR count). The number of nitrogens with zero attached hydrogens (tertiary/aromatic N) is 1. The molecule has 0 aromatic heterocycles. The van der Waals surface area contributed by atoms with Crippen LogP contribution in [0.4, 0.5) is 0 Å². The minimum absolute atomic E-state index is 0.370. The van der Waals surface area contributed by atoms with E-state index in [1.807, 2.05) is 30.3 Å². The molecule has 0 fully saturated rings. The molecule has 0 atom stereocenters. The van der Waals surface area contributed by atoms with Gasteiger partial charge in [-0.15, -0.1) is 0 Å². The number of hydrogen-bond donors (Lipinski definition) is 3. The zero-order valence-corrected chi connectivity index (χ0v) is 9.08. The van der Waals surface area contributed by atoms with Gasteiger partial charge in [-0.2, -0.15) is 0 Å². The standard InChI is InChI=1S/C12H17NO3/c14-8-12(9-15,10-16)13-7-6-11-4-2-1-3-5-11/h1-5,7,14-16H,6,8-10H2/b13-7+. The number of aliphatic imine (C=N–C) groups is 1. The molecule has 0 saturated heterocycles. The summed E-state index contributed by atoms with van der Waals surface area (Å²) < 4.78 is 0. The molecule has 0 radical (unpaired) electrons. The monoisotopic (exact) mass is 223 g/mol.